The molecule has 0 bridgehead atoms. The average Bonchev–Trinajstić information content (AvgIpc) is 2.71. The molecule has 0 spiro atoms. The Hall–Kier alpha value is -1.77. The van der Waals surface area contributed by atoms with Crippen LogP contribution in [0.1, 0.15) is 32.6 Å². The van der Waals surface area contributed by atoms with Crippen LogP contribution in [0.25, 0.3) is 0 Å². The Bertz CT molecular complexity index is 683. The highest BCUT2D eigenvalue weighted by atomic mass is 28.4. The lowest BCUT2D eigenvalue weighted by molar-refractivity contribution is -0.291. The second-order valence-electron chi connectivity index (χ2n) is 6.75. The summed E-state index contributed by atoms with van der Waals surface area (Å²) in [4.78, 5) is 0. The number of hydrogen-bond donors (Lipinski definition) is 0. The van der Waals surface area contributed by atoms with Gasteiger partial charge in [0, 0.05) is 6.61 Å². The van der Waals surface area contributed by atoms with Gasteiger partial charge in [0.25, 0.3) is 0 Å². The highest BCUT2D eigenvalue weighted by molar-refractivity contribution is 6.92. The summed E-state index contributed by atoms with van der Waals surface area (Å²) >= 11 is 0. The summed E-state index contributed by atoms with van der Waals surface area (Å²) in [5, 5.41) is 0.972. The molecule has 29 heavy (non-hydrogen) atoms. The SMILES string of the molecule is CCCCCCO[Si](OCC(F)(F)C(F)(F)F)(c1ccccc1)c1ccccc1. The molecular weight excluding hydrogens is 407 g/mol. The molecule has 160 valence electrons. The molecule has 2 nitrogen and oxygen atoms in total. The van der Waals surface area contributed by atoms with E-state index in [1.165, 1.54) is 0 Å². The second kappa shape index (κ2) is 10.3. The number of halogens is 5. The molecule has 0 aliphatic heterocycles. The van der Waals surface area contributed by atoms with Gasteiger partial charge in [0.05, 0.1) is 0 Å². The van der Waals surface area contributed by atoms with Gasteiger partial charge in [0.1, 0.15) is 6.61 Å². The fourth-order valence-electron chi connectivity index (χ4n) is 2.88. The van der Waals surface area contributed by atoms with Gasteiger partial charge < -0.3 is 8.85 Å². The van der Waals surface area contributed by atoms with E-state index in [0.29, 0.717) is 16.8 Å². The number of rotatable bonds is 11. The van der Waals surface area contributed by atoms with Crippen molar-refractivity contribution in [3.05, 3.63) is 60.7 Å². The summed E-state index contributed by atoms with van der Waals surface area (Å²) in [6.45, 7) is 0.477. The summed E-state index contributed by atoms with van der Waals surface area (Å²) in [5.41, 5.74) is 0. The molecule has 0 amide bonds. The van der Waals surface area contributed by atoms with E-state index in [1.54, 1.807) is 60.7 Å². The van der Waals surface area contributed by atoms with Crippen LogP contribution in [-0.4, -0.2) is 33.9 Å². The normalized spacial score (nSPS) is 12.9. The first kappa shape index (κ1) is 23.5. The first-order chi connectivity index (χ1) is 13.7. The van der Waals surface area contributed by atoms with Crippen LogP contribution >= 0.6 is 0 Å². The van der Waals surface area contributed by atoms with Crippen LogP contribution in [-0.2, 0) is 8.85 Å². The Morgan fingerprint density at radius 3 is 1.69 bits per heavy atom. The minimum atomic E-state index is -5.69. The van der Waals surface area contributed by atoms with Crippen molar-refractivity contribution < 1.29 is 30.8 Å². The Kier molecular flexibility index (Phi) is 8.36. The van der Waals surface area contributed by atoms with Gasteiger partial charge in [0.2, 0.25) is 0 Å². The highest BCUT2D eigenvalue weighted by Crippen LogP contribution is 2.36. The first-order valence-corrected chi connectivity index (χ1v) is 11.4. The summed E-state index contributed by atoms with van der Waals surface area (Å²) in [7, 11) is -3.78. The van der Waals surface area contributed by atoms with E-state index in [2.05, 4.69) is 6.92 Å². The lowest BCUT2D eigenvalue weighted by atomic mass is 10.2. The standard InChI is InChI=1S/C21H25F5O2Si/c1-2-3-4-11-16-27-29(18-12-7-5-8-13-18,19-14-9-6-10-15-19)28-17-20(22,23)21(24,25)26/h5-10,12-15H,2-4,11,16-17H2,1H3. The van der Waals surface area contributed by atoms with E-state index in [9.17, 15) is 22.0 Å². The third-order valence-electron chi connectivity index (χ3n) is 4.48. The van der Waals surface area contributed by atoms with E-state index >= 15 is 0 Å². The molecule has 0 aliphatic rings. The third-order valence-corrected chi connectivity index (χ3v) is 7.83. The Balaban J connectivity index is 2.40. The van der Waals surface area contributed by atoms with E-state index < -0.39 is 27.3 Å². The monoisotopic (exact) mass is 432 g/mol. The maximum absolute atomic E-state index is 13.7. The van der Waals surface area contributed by atoms with Gasteiger partial charge in [-0.2, -0.15) is 22.0 Å². The summed E-state index contributed by atoms with van der Waals surface area (Å²) in [5.74, 6) is -4.97. The number of alkyl halides is 5. The number of hydrogen-bond acceptors (Lipinski definition) is 2. The number of unbranched alkanes of at least 4 members (excludes halogenated alkanes) is 3. The zero-order valence-corrected chi connectivity index (χ0v) is 17.2. The molecule has 0 saturated heterocycles. The zero-order valence-electron chi connectivity index (χ0n) is 16.2. The van der Waals surface area contributed by atoms with Crippen LogP contribution in [0.15, 0.2) is 60.7 Å². The van der Waals surface area contributed by atoms with E-state index in [1.807, 2.05) is 0 Å². The minimum absolute atomic E-state index is 0.216. The van der Waals surface area contributed by atoms with Crippen molar-refractivity contribution in [1.29, 1.82) is 0 Å². The van der Waals surface area contributed by atoms with Crippen LogP contribution in [0.3, 0.4) is 0 Å². The maximum Gasteiger partial charge on any atom is 0.455 e. The molecule has 0 unspecified atom stereocenters. The predicted octanol–water partition coefficient (Wildman–Crippen LogP) is 5.05. The average molecular weight is 433 g/mol. The molecule has 8 heteroatoms. The van der Waals surface area contributed by atoms with Gasteiger partial charge >= 0.3 is 20.7 Å². The lowest BCUT2D eigenvalue weighted by Gasteiger charge is -2.33. The van der Waals surface area contributed by atoms with Crippen molar-refractivity contribution >= 4 is 18.9 Å². The summed E-state index contributed by atoms with van der Waals surface area (Å²) < 4.78 is 77.2. The van der Waals surface area contributed by atoms with Gasteiger partial charge in [-0.3, -0.25) is 0 Å². The Morgan fingerprint density at radius 2 is 1.24 bits per heavy atom. The third kappa shape index (κ3) is 6.10. The van der Waals surface area contributed by atoms with Crippen molar-refractivity contribution in [1.82, 2.24) is 0 Å². The molecule has 2 rings (SSSR count). The van der Waals surface area contributed by atoms with Crippen molar-refractivity contribution in [2.75, 3.05) is 13.2 Å². The van der Waals surface area contributed by atoms with Crippen LogP contribution in [0.4, 0.5) is 22.0 Å². The first-order valence-electron chi connectivity index (χ1n) is 9.56. The molecular formula is C21H25F5O2Si. The summed E-state index contributed by atoms with van der Waals surface area (Å²) in [6, 6.07) is 16.8. The van der Waals surface area contributed by atoms with Crippen molar-refractivity contribution in [2.45, 2.75) is 44.7 Å². The number of benzene rings is 2. The topological polar surface area (TPSA) is 18.5 Å². The Morgan fingerprint density at radius 1 is 0.724 bits per heavy atom. The lowest BCUT2D eigenvalue weighted by Crippen LogP contribution is -2.65. The fraction of sp³-hybridized carbons (Fsp3) is 0.429. The molecule has 2 aromatic carbocycles. The fourth-order valence-corrected chi connectivity index (χ4v) is 6.04. The van der Waals surface area contributed by atoms with Crippen molar-refractivity contribution in [3.8, 4) is 0 Å². The van der Waals surface area contributed by atoms with Gasteiger partial charge in [-0.1, -0.05) is 86.8 Å². The van der Waals surface area contributed by atoms with E-state index in [0.717, 1.165) is 19.3 Å². The summed E-state index contributed by atoms with van der Waals surface area (Å²) in [6.07, 6.45) is -2.15. The molecule has 0 heterocycles. The highest BCUT2D eigenvalue weighted by Gasteiger charge is 2.59. The van der Waals surface area contributed by atoms with Gasteiger partial charge in [-0.15, -0.1) is 0 Å². The van der Waals surface area contributed by atoms with Gasteiger partial charge in [0.15, 0.2) is 0 Å². The van der Waals surface area contributed by atoms with Crippen LogP contribution in [0.5, 0.6) is 0 Å². The quantitative estimate of drug-likeness (QED) is 0.281. The van der Waals surface area contributed by atoms with Gasteiger partial charge in [-0.05, 0) is 16.8 Å². The molecule has 0 aliphatic carbocycles. The Labute approximate surface area is 168 Å². The van der Waals surface area contributed by atoms with Crippen LogP contribution in [0.2, 0.25) is 0 Å². The van der Waals surface area contributed by atoms with Crippen molar-refractivity contribution in [3.63, 3.8) is 0 Å². The maximum atomic E-state index is 13.7. The molecule has 0 fully saturated rings. The van der Waals surface area contributed by atoms with Crippen LogP contribution < -0.4 is 10.4 Å². The molecule has 0 N–H and O–H groups in total. The van der Waals surface area contributed by atoms with Gasteiger partial charge in [-0.25, -0.2) is 0 Å². The van der Waals surface area contributed by atoms with E-state index in [-0.39, 0.29) is 6.61 Å². The minimum Gasteiger partial charge on any atom is -0.388 e. The molecule has 0 atom stereocenters. The molecule has 2 aromatic rings. The molecule has 0 aromatic heterocycles. The van der Waals surface area contributed by atoms with Crippen LogP contribution in [0, 0.1) is 0 Å². The smallest absolute Gasteiger partial charge is 0.388 e. The largest absolute Gasteiger partial charge is 0.455 e. The predicted molar refractivity (Wildman–Crippen MR) is 105 cm³/mol. The van der Waals surface area contributed by atoms with E-state index in [4.69, 9.17) is 8.85 Å². The second-order valence-corrected chi connectivity index (χ2v) is 9.71. The molecule has 0 saturated carbocycles. The van der Waals surface area contributed by atoms with Crippen molar-refractivity contribution in [2.24, 2.45) is 0 Å². The zero-order chi connectivity index (χ0) is 21.4. The molecule has 0 radical (unpaired) electrons.